The van der Waals surface area contributed by atoms with Crippen molar-refractivity contribution in [1.29, 1.82) is 0 Å². The quantitative estimate of drug-likeness (QED) is 0.758. The van der Waals surface area contributed by atoms with Crippen LogP contribution in [0.1, 0.15) is 11.5 Å². The molecule has 0 aliphatic rings. The van der Waals surface area contributed by atoms with Crippen molar-refractivity contribution < 1.29 is 9.59 Å². The first-order valence-corrected chi connectivity index (χ1v) is 6.16. The molecular formula is C13H17N3O2S. The fourth-order valence-electron chi connectivity index (χ4n) is 1.51. The van der Waals surface area contributed by atoms with Gasteiger partial charge in [0.2, 0.25) is 11.8 Å². The third kappa shape index (κ3) is 4.33. The van der Waals surface area contributed by atoms with Crippen molar-refractivity contribution in [3.63, 3.8) is 0 Å². The molecule has 5 nitrogen and oxygen atoms in total. The number of benzene rings is 1. The van der Waals surface area contributed by atoms with Crippen molar-refractivity contribution in [2.75, 3.05) is 20.6 Å². The lowest BCUT2D eigenvalue weighted by atomic mass is 9.98. The van der Waals surface area contributed by atoms with E-state index in [9.17, 15) is 9.59 Å². The predicted octanol–water partition coefficient (Wildman–Crippen LogP) is 0.261. The summed E-state index contributed by atoms with van der Waals surface area (Å²) in [6.45, 7) is -0.0716. The molecule has 0 aliphatic heterocycles. The Morgan fingerprint density at radius 3 is 2.37 bits per heavy atom. The zero-order valence-electron chi connectivity index (χ0n) is 10.9. The minimum atomic E-state index is -0.717. The third-order valence-corrected chi connectivity index (χ3v) is 2.83. The molecule has 0 aromatic heterocycles. The van der Waals surface area contributed by atoms with Crippen LogP contribution >= 0.6 is 12.2 Å². The molecule has 2 amide bonds. The van der Waals surface area contributed by atoms with E-state index in [1.54, 1.807) is 38.4 Å². The first-order chi connectivity index (χ1) is 8.93. The Hall–Kier alpha value is -1.95. The van der Waals surface area contributed by atoms with E-state index in [-0.39, 0.29) is 23.3 Å². The van der Waals surface area contributed by atoms with Crippen molar-refractivity contribution in [1.82, 2.24) is 10.2 Å². The van der Waals surface area contributed by atoms with E-state index in [0.29, 0.717) is 5.56 Å². The van der Waals surface area contributed by atoms with E-state index in [4.69, 9.17) is 18.0 Å². The maximum Gasteiger partial charge on any atom is 0.241 e. The molecule has 1 aromatic rings. The Balaban J connectivity index is 2.76. The Kier molecular flexibility index (Phi) is 5.44. The molecule has 1 atom stereocenters. The highest BCUT2D eigenvalue weighted by Gasteiger charge is 2.23. The van der Waals surface area contributed by atoms with Crippen LogP contribution in [-0.2, 0) is 9.59 Å². The number of amides is 2. The maximum atomic E-state index is 12.1. The number of carbonyl (C=O) groups is 2. The molecule has 0 radical (unpaired) electrons. The number of nitrogens with two attached hydrogens (primary N) is 1. The fourth-order valence-corrected chi connectivity index (χ4v) is 1.76. The summed E-state index contributed by atoms with van der Waals surface area (Å²) in [5.41, 5.74) is 6.32. The van der Waals surface area contributed by atoms with Crippen LogP contribution in [0.5, 0.6) is 0 Å². The lowest BCUT2D eigenvalue weighted by Gasteiger charge is -2.17. The molecule has 3 N–H and O–H groups in total. The van der Waals surface area contributed by atoms with E-state index in [1.807, 2.05) is 6.07 Å². The summed E-state index contributed by atoms with van der Waals surface area (Å²) < 4.78 is 0. The van der Waals surface area contributed by atoms with Crippen LogP contribution in [0.15, 0.2) is 30.3 Å². The zero-order chi connectivity index (χ0) is 14.4. The van der Waals surface area contributed by atoms with Gasteiger partial charge in [-0.2, -0.15) is 0 Å². The number of rotatable bonds is 5. The van der Waals surface area contributed by atoms with Gasteiger partial charge in [-0.1, -0.05) is 42.5 Å². The average Bonchev–Trinajstić information content (AvgIpc) is 2.36. The summed E-state index contributed by atoms with van der Waals surface area (Å²) in [6, 6.07) is 9.00. The van der Waals surface area contributed by atoms with Crippen LogP contribution in [0.25, 0.3) is 0 Å². The summed E-state index contributed by atoms with van der Waals surface area (Å²) in [6.07, 6.45) is 0. The number of hydrogen-bond acceptors (Lipinski definition) is 3. The normalized spacial score (nSPS) is 11.5. The molecule has 0 saturated carbocycles. The highest BCUT2D eigenvalue weighted by atomic mass is 32.1. The van der Waals surface area contributed by atoms with Gasteiger partial charge in [0.15, 0.2) is 0 Å². The second kappa shape index (κ2) is 6.84. The second-order valence-corrected chi connectivity index (χ2v) is 4.72. The standard InChI is InChI=1S/C13H17N3O2S/c1-16(2)10(17)8-15-13(18)11(12(14)19)9-6-4-3-5-7-9/h3-7,11H,8H2,1-2H3,(H2,14,19)(H,15,18). The van der Waals surface area contributed by atoms with Gasteiger partial charge in [0, 0.05) is 14.1 Å². The molecular weight excluding hydrogens is 262 g/mol. The summed E-state index contributed by atoms with van der Waals surface area (Å²) in [7, 11) is 3.24. The minimum Gasteiger partial charge on any atom is -0.392 e. The molecule has 0 saturated heterocycles. The molecule has 0 heterocycles. The Labute approximate surface area is 117 Å². The largest absolute Gasteiger partial charge is 0.392 e. The molecule has 102 valence electrons. The number of carbonyl (C=O) groups excluding carboxylic acids is 2. The minimum absolute atomic E-state index is 0.0716. The van der Waals surface area contributed by atoms with Crippen molar-refractivity contribution in [3.05, 3.63) is 35.9 Å². The molecule has 0 spiro atoms. The van der Waals surface area contributed by atoms with E-state index in [0.717, 1.165) is 0 Å². The Morgan fingerprint density at radius 1 is 1.32 bits per heavy atom. The van der Waals surface area contributed by atoms with Crippen molar-refractivity contribution >= 4 is 29.0 Å². The van der Waals surface area contributed by atoms with Gasteiger partial charge < -0.3 is 16.0 Å². The van der Waals surface area contributed by atoms with Gasteiger partial charge >= 0.3 is 0 Å². The average molecular weight is 279 g/mol. The smallest absolute Gasteiger partial charge is 0.241 e. The van der Waals surface area contributed by atoms with Crippen molar-refractivity contribution in [2.24, 2.45) is 5.73 Å². The van der Waals surface area contributed by atoms with Crippen LogP contribution in [0.2, 0.25) is 0 Å². The topological polar surface area (TPSA) is 75.4 Å². The molecule has 0 aliphatic carbocycles. The van der Waals surface area contributed by atoms with Gasteiger partial charge in [-0.25, -0.2) is 0 Å². The van der Waals surface area contributed by atoms with Gasteiger partial charge in [0.25, 0.3) is 0 Å². The van der Waals surface area contributed by atoms with Gasteiger partial charge in [-0.3, -0.25) is 9.59 Å². The summed E-state index contributed by atoms with van der Waals surface area (Å²) in [5.74, 6) is -1.27. The monoisotopic (exact) mass is 279 g/mol. The summed E-state index contributed by atoms with van der Waals surface area (Å²) >= 11 is 4.93. The highest BCUT2D eigenvalue weighted by Crippen LogP contribution is 2.15. The zero-order valence-corrected chi connectivity index (χ0v) is 11.7. The van der Waals surface area contributed by atoms with Crippen molar-refractivity contribution in [3.8, 4) is 0 Å². The van der Waals surface area contributed by atoms with E-state index >= 15 is 0 Å². The number of hydrogen-bond donors (Lipinski definition) is 2. The van der Waals surface area contributed by atoms with Crippen LogP contribution in [0, 0.1) is 0 Å². The fraction of sp³-hybridized carbons (Fsp3) is 0.308. The van der Waals surface area contributed by atoms with Crippen LogP contribution in [-0.4, -0.2) is 42.3 Å². The summed E-state index contributed by atoms with van der Waals surface area (Å²) in [4.78, 5) is 25.0. The van der Waals surface area contributed by atoms with E-state index in [1.165, 1.54) is 4.90 Å². The molecule has 1 rings (SSSR count). The first-order valence-electron chi connectivity index (χ1n) is 5.75. The molecule has 19 heavy (non-hydrogen) atoms. The van der Waals surface area contributed by atoms with Gasteiger partial charge in [-0.15, -0.1) is 0 Å². The number of thiocarbonyl (C=S) groups is 1. The Morgan fingerprint density at radius 2 is 1.89 bits per heavy atom. The number of nitrogens with zero attached hydrogens (tertiary/aromatic N) is 1. The number of likely N-dealkylation sites (N-methyl/N-ethyl adjacent to an activating group) is 1. The molecule has 1 aromatic carbocycles. The SMILES string of the molecule is CN(C)C(=O)CNC(=O)C(C(N)=S)c1ccccc1. The van der Waals surface area contributed by atoms with E-state index < -0.39 is 5.92 Å². The van der Waals surface area contributed by atoms with Crippen molar-refractivity contribution in [2.45, 2.75) is 5.92 Å². The second-order valence-electron chi connectivity index (χ2n) is 4.25. The van der Waals surface area contributed by atoms with Crippen LogP contribution < -0.4 is 11.1 Å². The third-order valence-electron chi connectivity index (χ3n) is 2.59. The van der Waals surface area contributed by atoms with Gasteiger partial charge in [0.05, 0.1) is 11.5 Å². The van der Waals surface area contributed by atoms with Gasteiger partial charge in [-0.05, 0) is 5.56 Å². The van der Waals surface area contributed by atoms with E-state index in [2.05, 4.69) is 5.32 Å². The molecule has 0 bridgehead atoms. The van der Waals surface area contributed by atoms with Crippen LogP contribution in [0.4, 0.5) is 0 Å². The molecule has 6 heteroatoms. The molecule has 1 unspecified atom stereocenters. The lowest BCUT2D eigenvalue weighted by Crippen LogP contribution is -2.41. The maximum absolute atomic E-state index is 12.1. The highest BCUT2D eigenvalue weighted by molar-refractivity contribution is 7.80. The summed E-state index contributed by atoms with van der Waals surface area (Å²) in [5, 5.41) is 2.55. The van der Waals surface area contributed by atoms with Crippen LogP contribution in [0.3, 0.4) is 0 Å². The van der Waals surface area contributed by atoms with Gasteiger partial charge in [0.1, 0.15) is 5.92 Å². The Bertz CT molecular complexity index is 474. The lowest BCUT2D eigenvalue weighted by molar-refractivity contribution is -0.130. The number of nitrogens with one attached hydrogen (secondary N) is 1. The predicted molar refractivity (Wildman–Crippen MR) is 77.7 cm³/mol. The first kappa shape index (κ1) is 15.1. The molecule has 0 fully saturated rings.